The minimum Gasteiger partial charge on any atom is -0.462 e. The predicted octanol–water partition coefficient (Wildman–Crippen LogP) is 11.4. The molecule has 5 nitrogen and oxygen atoms in total. The first kappa shape index (κ1) is 34.2. The standard InChI is InChI=1S/C48H42ClN4O/c1-2-34-32-53(31-33-15-14-22-38(29-33)35-16-6-3-7-17-35)28-26-39(34)30-43(53)45(41-25-27-50-42-24-13-12-23-40(41)42)54-48-44(36-18-8-4-9-19-36)46(49)51-47(52-48)37-20-10-5-11-21-37/h2-25,27,29,34,39,43,45H,1,26,28,30-32H2/q+1/t34-,39-,43+,45?,53+/m0/s1. The molecule has 0 radical (unpaired) electrons. The van der Waals surface area contributed by atoms with Crippen molar-refractivity contribution < 1.29 is 9.22 Å². The molecule has 54 heavy (non-hydrogen) atoms. The molecule has 0 amide bonds. The second-order valence-electron chi connectivity index (χ2n) is 14.8. The Morgan fingerprint density at radius 1 is 0.759 bits per heavy atom. The van der Waals surface area contributed by atoms with E-state index >= 15 is 0 Å². The number of piperidine rings is 3. The fourth-order valence-corrected chi connectivity index (χ4v) is 9.38. The van der Waals surface area contributed by atoms with Crippen molar-refractivity contribution in [2.45, 2.75) is 31.5 Å². The maximum absolute atomic E-state index is 7.55. The van der Waals surface area contributed by atoms with Crippen molar-refractivity contribution in [2.75, 3.05) is 13.1 Å². The number of halogens is 1. The number of rotatable bonds is 10. The van der Waals surface area contributed by atoms with Crippen LogP contribution in [0.2, 0.25) is 5.15 Å². The molecule has 3 aliphatic heterocycles. The van der Waals surface area contributed by atoms with Gasteiger partial charge in [-0.1, -0.05) is 145 Å². The summed E-state index contributed by atoms with van der Waals surface area (Å²) in [4.78, 5) is 14.8. The van der Waals surface area contributed by atoms with Crippen LogP contribution in [0.3, 0.4) is 0 Å². The normalized spacial score (nSPS) is 21.1. The van der Waals surface area contributed by atoms with Crippen LogP contribution in [0.4, 0.5) is 0 Å². The van der Waals surface area contributed by atoms with E-state index in [4.69, 9.17) is 31.3 Å². The van der Waals surface area contributed by atoms with Crippen molar-refractivity contribution in [3.8, 4) is 39.5 Å². The van der Waals surface area contributed by atoms with Crippen molar-refractivity contribution in [1.29, 1.82) is 0 Å². The first-order valence-electron chi connectivity index (χ1n) is 18.9. The summed E-state index contributed by atoms with van der Waals surface area (Å²) in [5.74, 6) is 1.97. The van der Waals surface area contributed by atoms with Crippen molar-refractivity contribution in [3.63, 3.8) is 0 Å². The minimum absolute atomic E-state index is 0.115. The molecule has 266 valence electrons. The summed E-state index contributed by atoms with van der Waals surface area (Å²) in [6.07, 6.45) is 5.92. The van der Waals surface area contributed by atoms with Gasteiger partial charge in [0.2, 0.25) is 5.88 Å². The van der Waals surface area contributed by atoms with E-state index in [1.165, 1.54) is 16.7 Å². The van der Waals surface area contributed by atoms with Crippen LogP contribution in [0, 0.1) is 11.8 Å². The zero-order chi connectivity index (χ0) is 36.5. The number of aromatic nitrogens is 3. The Hall–Kier alpha value is -5.62. The number of fused-ring (bicyclic) bond motifs is 4. The molecule has 5 heterocycles. The van der Waals surface area contributed by atoms with Gasteiger partial charge in [-0.25, -0.2) is 4.98 Å². The molecule has 2 aromatic heterocycles. The summed E-state index contributed by atoms with van der Waals surface area (Å²) in [6.45, 7) is 7.29. The molecule has 0 aliphatic carbocycles. The number of hydrogen-bond acceptors (Lipinski definition) is 4. The van der Waals surface area contributed by atoms with Gasteiger partial charge in [0.25, 0.3) is 0 Å². The average molecular weight is 726 g/mol. The lowest BCUT2D eigenvalue weighted by atomic mass is 9.71. The molecule has 0 saturated carbocycles. The Morgan fingerprint density at radius 2 is 1.44 bits per heavy atom. The zero-order valence-electron chi connectivity index (χ0n) is 30.1. The first-order valence-corrected chi connectivity index (χ1v) is 19.3. The molecular formula is C48H42ClN4O+. The number of para-hydroxylation sites is 1. The average Bonchev–Trinajstić information content (AvgIpc) is 3.23. The number of nitrogens with zero attached hydrogens (tertiary/aromatic N) is 4. The second-order valence-corrected chi connectivity index (χ2v) is 15.2. The van der Waals surface area contributed by atoms with Gasteiger partial charge in [0.1, 0.15) is 17.7 Å². The van der Waals surface area contributed by atoms with Crippen LogP contribution >= 0.6 is 11.6 Å². The molecule has 5 aromatic carbocycles. The Labute approximate surface area is 322 Å². The van der Waals surface area contributed by atoms with Crippen molar-refractivity contribution in [1.82, 2.24) is 15.0 Å². The molecule has 3 aliphatic rings. The van der Waals surface area contributed by atoms with Gasteiger partial charge in [-0.2, -0.15) is 4.98 Å². The molecule has 0 N–H and O–H groups in total. The summed E-state index contributed by atoms with van der Waals surface area (Å²) in [6, 6.07) is 50.5. The quantitative estimate of drug-likeness (QED) is 0.0800. The van der Waals surface area contributed by atoms with E-state index < -0.39 is 0 Å². The van der Waals surface area contributed by atoms with Crippen LogP contribution in [-0.4, -0.2) is 38.6 Å². The van der Waals surface area contributed by atoms with E-state index in [2.05, 4.69) is 91.5 Å². The van der Waals surface area contributed by atoms with Gasteiger partial charge in [-0.05, 0) is 40.8 Å². The number of hydrogen-bond donors (Lipinski definition) is 0. The van der Waals surface area contributed by atoms with E-state index in [9.17, 15) is 0 Å². The molecule has 5 atom stereocenters. The van der Waals surface area contributed by atoms with E-state index in [0.29, 0.717) is 34.3 Å². The highest BCUT2D eigenvalue weighted by Crippen LogP contribution is 2.50. The number of ether oxygens (including phenoxy) is 1. The predicted molar refractivity (Wildman–Crippen MR) is 219 cm³/mol. The van der Waals surface area contributed by atoms with Gasteiger partial charge in [-0.15, -0.1) is 6.58 Å². The molecule has 1 unspecified atom stereocenters. The maximum Gasteiger partial charge on any atom is 0.227 e. The third-order valence-electron chi connectivity index (χ3n) is 11.7. The lowest BCUT2D eigenvalue weighted by molar-refractivity contribution is -0.984. The number of benzene rings is 5. The van der Waals surface area contributed by atoms with Gasteiger partial charge in [0, 0.05) is 47.0 Å². The summed E-state index contributed by atoms with van der Waals surface area (Å²) >= 11 is 7.17. The van der Waals surface area contributed by atoms with Crippen LogP contribution in [0.1, 0.15) is 30.1 Å². The number of pyridine rings is 1. The Kier molecular flexibility index (Phi) is 9.28. The third kappa shape index (κ3) is 6.48. The Balaban J connectivity index is 1.22. The highest BCUT2D eigenvalue weighted by atomic mass is 35.5. The van der Waals surface area contributed by atoms with E-state index in [0.717, 1.165) is 64.6 Å². The Bertz CT molecular complexity index is 2420. The topological polar surface area (TPSA) is 47.9 Å². The molecule has 2 bridgehead atoms. The van der Waals surface area contributed by atoms with Gasteiger partial charge in [0.15, 0.2) is 11.9 Å². The molecular weight excluding hydrogens is 684 g/mol. The zero-order valence-corrected chi connectivity index (χ0v) is 30.9. The maximum atomic E-state index is 7.55. The smallest absolute Gasteiger partial charge is 0.227 e. The van der Waals surface area contributed by atoms with Gasteiger partial charge >= 0.3 is 0 Å². The summed E-state index contributed by atoms with van der Waals surface area (Å²) in [5.41, 5.74) is 8.33. The first-order chi connectivity index (χ1) is 26.6. The second kappa shape index (κ2) is 14.7. The molecule has 0 spiro atoms. The monoisotopic (exact) mass is 725 g/mol. The van der Waals surface area contributed by atoms with Crippen molar-refractivity contribution in [2.24, 2.45) is 11.8 Å². The highest BCUT2D eigenvalue weighted by Gasteiger charge is 2.55. The van der Waals surface area contributed by atoms with Gasteiger partial charge < -0.3 is 9.22 Å². The minimum atomic E-state index is -0.360. The fraction of sp³-hybridized carbons (Fsp3) is 0.188. The van der Waals surface area contributed by atoms with Crippen LogP contribution in [0.25, 0.3) is 44.5 Å². The van der Waals surface area contributed by atoms with Gasteiger partial charge in [-0.3, -0.25) is 4.98 Å². The van der Waals surface area contributed by atoms with E-state index in [1.807, 2.05) is 72.9 Å². The summed E-state index contributed by atoms with van der Waals surface area (Å²) < 4.78 is 8.44. The van der Waals surface area contributed by atoms with Crippen molar-refractivity contribution in [3.05, 3.63) is 181 Å². The fourth-order valence-electron chi connectivity index (χ4n) is 9.11. The van der Waals surface area contributed by atoms with Crippen LogP contribution in [0.15, 0.2) is 164 Å². The molecule has 7 aromatic rings. The van der Waals surface area contributed by atoms with E-state index in [1.54, 1.807) is 0 Å². The Morgan fingerprint density at radius 3 is 2.20 bits per heavy atom. The molecule has 3 fully saturated rings. The van der Waals surface area contributed by atoms with Gasteiger partial charge in [0.05, 0.1) is 24.2 Å². The van der Waals surface area contributed by atoms with Crippen LogP contribution in [0.5, 0.6) is 5.88 Å². The summed E-state index contributed by atoms with van der Waals surface area (Å²) in [5, 5.41) is 1.45. The van der Waals surface area contributed by atoms with Crippen LogP contribution < -0.4 is 4.74 Å². The SMILES string of the molecule is C=C[C@H]1C[N@+]2(Cc3cccc(-c4ccccc4)c3)CC[C@H]1C[C@@H]2C(Oc1nc(-c2ccccc2)nc(Cl)c1-c1ccccc1)c1ccnc2ccccc12. The highest BCUT2D eigenvalue weighted by molar-refractivity contribution is 6.32. The third-order valence-corrected chi connectivity index (χ3v) is 12.0. The molecule has 10 rings (SSSR count). The largest absolute Gasteiger partial charge is 0.462 e. The summed E-state index contributed by atoms with van der Waals surface area (Å²) in [7, 11) is 0. The lowest BCUT2D eigenvalue weighted by Crippen LogP contribution is -2.68. The van der Waals surface area contributed by atoms with Crippen LogP contribution in [-0.2, 0) is 6.54 Å². The lowest BCUT2D eigenvalue weighted by Gasteiger charge is -2.58. The molecule has 3 saturated heterocycles. The van der Waals surface area contributed by atoms with E-state index in [-0.39, 0.29) is 12.1 Å². The number of quaternary nitrogens is 1. The molecule has 6 heteroatoms. The van der Waals surface area contributed by atoms with Crippen molar-refractivity contribution >= 4 is 22.5 Å².